The summed E-state index contributed by atoms with van der Waals surface area (Å²) in [7, 11) is 1.44. The van der Waals surface area contributed by atoms with Gasteiger partial charge in [0.2, 0.25) is 17.7 Å². The standard InChI is InChI=1S/C36H24BrIN2O7/c1-46-28-13-17(12-24(38)33(28)43)29-19-10-11-20-30(21(19)14-22-31(29)26(41)15-23(37)32(22)42)36(45)40(35(20)44)18-8-6-16(7-9-18)34-39-25-4-2-3-5-27(25)47-34/h2-10,12-13,15,20-21,29-30,43H,11,14H2,1H3/t20-,21+,29-,30-/m0/s1. The quantitative estimate of drug-likeness (QED) is 0.104. The van der Waals surface area contributed by atoms with Gasteiger partial charge in [-0.3, -0.25) is 24.1 Å². The van der Waals surface area contributed by atoms with E-state index in [1.807, 2.05) is 52.9 Å². The minimum atomic E-state index is -0.721. The fourth-order valence-electron chi connectivity index (χ4n) is 7.51. The van der Waals surface area contributed by atoms with Gasteiger partial charge in [-0.05, 0) is 111 Å². The maximum atomic E-state index is 14.3. The van der Waals surface area contributed by atoms with Gasteiger partial charge in [-0.25, -0.2) is 4.98 Å². The third kappa shape index (κ3) is 4.57. The van der Waals surface area contributed by atoms with Crippen LogP contribution >= 0.6 is 38.5 Å². The van der Waals surface area contributed by atoms with Gasteiger partial charge in [0.1, 0.15) is 5.52 Å². The fraction of sp³-hybridized carbons (Fsp3) is 0.194. The van der Waals surface area contributed by atoms with E-state index >= 15 is 0 Å². The Balaban J connectivity index is 1.18. The molecule has 0 bridgehead atoms. The number of ketones is 2. The summed E-state index contributed by atoms with van der Waals surface area (Å²) in [6.45, 7) is 0. The van der Waals surface area contributed by atoms with E-state index in [2.05, 4.69) is 20.9 Å². The number of oxazole rings is 1. The highest BCUT2D eigenvalue weighted by atomic mass is 127. The molecule has 0 saturated carbocycles. The highest BCUT2D eigenvalue weighted by molar-refractivity contribution is 14.1. The van der Waals surface area contributed by atoms with Crippen LogP contribution in [0.25, 0.3) is 22.6 Å². The molecule has 3 aliphatic carbocycles. The summed E-state index contributed by atoms with van der Waals surface area (Å²) < 4.78 is 12.0. The van der Waals surface area contributed by atoms with Crippen molar-refractivity contribution in [3.63, 3.8) is 0 Å². The lowest BCUT2D eigenvalue weighted by molar-refractivity contribution is -0.123. The van der Waals surface area contributed by atoms with Gasteiger partial charge in [-0.15, -0.1) is 0 Å². The zero-order valence-electron chi connectivity index (χ0n) is 24.7. The van der Waals surface area contributed by atoms with Crippen LogP contribution in [0.15, 0.2) is 98.4 Å². The number of imide groups is 1. The summed E-state index contributed by atoms with van der Waals surface area (Å²) in [5.74, 6) is -3.09. The largest absolute Gasteiger partial charge is 0.504 e. The minimum absolute atomic E-state index is 0.0286. The van der Waals surface area contributed by atoms with Crippen molar-refractivity contribution < 1.29 is 33.4 Å². The summed E-state index contributed by atoms with van der Waals surface area (Å²) >= 11 is 5.26. The third-order valence-electron chi connectivity index (χ3n) is 9.60. The van der Waals surface area contributed by atoms with Crippen molar-refractivity contribution in [2.45, 2.75) is 18.8 Å². The lowest BCUT2D eigenvalue weighted by Crippen LogP contribution is -2.39. The first-order chi connectivity index (χ1) is 22.7. The van der Waals surface area contributed by atoms with Crippen LogP contribution < -0.4 is 9.64 Å². The number of amides is 2. The van der Waals surface area contributed by atoms with E-state index in [4.69, 9.17) is 9.15 Å². The number of aromatic nitrogens is 1. The van der Waals surface area contributed by atoms with E-state index in [0.717, 1.165) is 11.1 Å². The number of para-hydroxylation sites is 2. The second kappa shape index (κ2) is 11.1. The highest BCUT2D eigenvalue weighted by Gasteiger charge is 2.56. The molecule has 4 atom stereocenters. The summed E-state index contributed by atoms with van der Waals surface area (Å²) in [6, 6.07) is 17.9. The Morgan fingerprint density at radius 1 is 1.02 bits per heavy atom. The van der Waals surface area contributed by atoms with Crippen molar-refractivity contribution in [1.29, 1.82) is 0 Å². The molecule has 9 nitrogen and oxygen atoms in total. The Labute approximate surface area is 290 Å². The Hall–Kier alpha value is -4.36. The number of hydrogen-bond donors (Lipinski definition) is 1. The second-order valence-corrected chi connectivity index (χ2v) is 14.0. The maximum absolute atomic E-state index is 14.3. The summed E-state index contributed by atoms with van der Waals surface area (Å²) in [4.78, 5) is 61.1. The van der Waals surface area contributed by atoms with Gasteiger partial charge in [0.25, 0.3) is 0 Å². The molecule has 1 aromatic heterocycles. The number of halogens is 2. The normalized spacial score (nSPS) is 23.9. The molecular formula is C36H24BrIN2O7. The summed E-state index contributed by atoms with van der Waals surface area (Å²) in [5.41, 5.74) is 4.70. The van der Waals surface area contributed by atoms with Crippen molar-refractivity contribution in [3.05, 3.63) is 103 Å². The molecule has 1 aliphatic heterocycles. The van der Waals surface area contributed by atoms with Crippen molar-refractivity contribution in [2.75, 3.05) is 12.0 Å². The highest BCUT2D eigenvalue weighted by Crippen LogP contribution is 2.56. The number of rotatable bonds is 4. The predicted molar refractivity (Wildman–Crippen MR) is 184 cm³/mol. The Morgan fingerprint density at radius 3 is 2.53 bits per heavy atom. The number of aromatic hydroxyl groups is 1. The van der Waals surface area contributed by atoms with E-state index in [0.29, 0.717) is 49.4 Å². The molecule has 234 valence electrons. The van der Waals surface area contributed by atoms with Crippen LogP contribution in [0.4, 0.5) is 5.69 Å². The molecule has 2 heterocycles. The molecule has 11 heteroatoms. The number of carbonyl (C=O) groups is 4. The Morgan fingerprint density at radius 2 is 1.79 bits per heavy atom. The molecule has 8 rings (SSSR count). The zero-order chi connectivity index (χ0) is 32.7. The smallest absolute Gasteiger partial charge is 0.238 e. The predicted octanol–water partition coefficient (Wildman–Crippen LogP) is 6.78. The van der Waals surface area contributed by atoms with Crippen LogP contribution in [0.2, 0.25) is 0 Å². The van der Waals surface area contributed by atoms with Crippen molar-refractivity contribution in [3.8, 4) is 23.0 Å². The van der Waals surface area contributed by atoms with Crippen LogP contribution in [-0.4, -0.2) is 40.6 Å². The average molecular weight is 803 g/mol. The van der Waals surface area contributed by atoms with Crippen LogP contribution in [0.3, 0.4) is 0 Å². The summed E-state index contributed by atoms with van der Waals surface area (Å²) in [6.07, 6.45) is 3.72. The molecule has 47 heavy (non-hydrogen) atoms. The van der Waals surface area contributed by atoms with Crippen LogP contribution in [0, 0.1) is 21.3 Å². The monoisotopic (exact) mass is 802 g/mol. The Kier molecular flexibility index (Phi) is 7.10. The number of carbonyl (C=O) groups excluding carboxylic acids is 4. The molecule has 4 aromatic rings. The van der Waals surface area contributed by atoms with Crippen LogP contribution in [-0.2, 0) is 19.2 Å². The Bertz CT molecular complexity index is 2150. The zero-order valence-corrected chi connectivity index (χ0v) is 28.4. The molecule has 2 amide bonds. The number of anilines is 1. The number of Topliss-reactive ketones (excluding diaryl/α,β-unsaturated/α-hetero) is 1. The van der Waals surface area contributed by atoms with Crippen molar-refractivity contribution in [2.24, 2.45) is 17.8 Å². The van der Waals surface area contributed by atoms with Crippen molar-refractivity contribution >= 4 is 78.7 Å². The topological polar surface area (TPSA) is 127 Å². The van der Waals surface area contributed by atoms with Gasteiger partial charge in [-0.1, -0.05) is 23.8 Å². The first-order valence-corrected chi connectivity index (χ1v) is 16.8. The number of phenolic OH excluding ortho intramolecular Hbond substituents is 1. The number of benzene rings is 3. The van der Waals surface area contributed by atoms with Gasteiger partial charge in [-0.2, -0.15) is 0 Å². The fourth-order valence-corrected chi connectivity index (χ4v) is 8.58. The molecule has 1 N–H and O–H groups in total. The number of fused-ring (bicyclic) bond motifs is 4. The first kappa shape index (κ1) is 30.0. The van der Waals surface area contributed by atoms with Gasteiger partial charge in [0.15, 0.2) is 28.6 Å². The van der Waals surface area contributed by atoms with E-state index in [9.17, 15) is 24.3 Å². The average Bonchev–Trinajstić information content (AvgIpc) is 3.62. The number of phenols is 1. The second-order valence-electron chi connectivity index (χ2n) is 12.0. The van der Waals surface area contributed by atoms with Crippen LogP contribution in [0.5, 0.6) is 11.5 Å². The number of ether oxygens (including phenoxy) is 1. The number of methoxy groups -OCH3 is 1. The molecule has 1 saturated heterocycles. The van der Waals surface area contributed by atoms with Crippen molar-refractivity contribution in [1.82, 2.24) is 4.98 Å². The van der Waals surface area contributed by atoms with Gasteiger partial charge < -0.3 is 14.3 Å². The van der Waals surface area contributed by atoms with Gasteiger partial charge in [0, 0.05) is 28.7 Å². The van der Waals surface area contributed by atoms with E-state index < -0.39 is 23.7 Å². The third-order valence-corrected chi connectivity index (χ3v) is 11.0. The van der Waals surface area contributed by atoms with E-state index in [1.54, 1.807) is 36.4 Å². The summed E-state index contributed by atoms with van der Waals surface area (Å²) in [5, 5.41) is 10.6. The SMILES string of the molecule is COc1cc([C@H]2C3=CC[C@@H]4C(=O)N(c5ccc(-c6nc7ccccc7o6)cc5)C(=O)[C@@H]4[C@@H]3CC3=C2C(=O)C=C(Br)C3=O)cc(I)c1O. The molecule has 0 spiro atoms. The van der Waals surface area contributed by atoms with E-state index in [1.165, 1.54) is 18.1 Å². The molecule has 1 fully saturated rings. The number of allylic oxidation sites excluding steroid dienone is 6. The number of hydrogen-bond acceptors (Lipinski definition) is 8. The molecule has 0 unspecified atom stereocenters. The van der Waals surface area contributed by atoms with Gasteiger partial charge in [0.05, 0.1) is 32.7 Å². The van der Waals surface area contributed by atoms with Gasteiger partial charge >= 0.3 is 0 Å². The minimum Gasteiger partial charge on any atom is -0.504 e. The molecule has 4 aliphatic rings. The van der Waals surface area contributed by atoms with Crippen LogP contribution in [0.1, 0.15) is 24.3 Å². The van der Waals surface area contributed by atoms with E-state index in [-0.39, 0.29) is 45.8 Å². The molecule has 0 radical (unpaired) electrons. The lowest BCUT2D eigenvalue weighted by atomic mass is 9.59. The molecule has 3 aromatic carbocycles. The first-order valence-electron chi connectivity index (χ1n) is 15.0. The number of nitrogens with zero attached hydrogens (tertiary/aromatic N) is 2. The maximum Gasteiger partial charge on any atom is 0.238 e. The lowest BCUT2D eigenvalue weighted by Gasteiger charge is -2.42. The molecular weight excluding hydrogens is 779 g/mol.